The van der Waals surface area contributed by atoms with E-state index in [1.165, 1.54) is 36.4 Å². The Hall–Kier alpha value is -2.56. The summed E-state index contributed by atoms with van der Waals surface area (Å²) in [5.74, 6) is 0. The predicted molar refractivity (Wildman–Crippen MR) is 90.8 cm³/mol. The highest BCUT2D eigenvalue weighted by molar-refractivity contribution is 7.89. The third kappa shape index (κ3) is 4.45. The first-order chi connectivity index (χ1) is 10.8. The van der Waals surface area contributed by atoms with Gasteiger partial charge in [-0.1, -0.05) is 12.1 Å². The monoisotopic (exact) mass is 352 g/mol. The van der Waals surface area contributed by atoms with Gasteiger partial charge in [0.05, 0.1) is 9.82 Å². The van der Waals surface area contributed by atoms with Crippen molar-refractivity contribution in [3.8, 4) is 0 Å². The molecule has 0 aromatic heterocycles. The number of benzene rings is 2. The molecule has 4 N–H and O–H groups in total. The zero-order chi connectivity index (χ0) is 17.0. The standard InChI is InChI=1S/C13H12N4O4S2/c14-23(20,21)10-7-5-9(6-8-10)15-13(22)16-11-3-1-2-4-12(11)17(18)19/h1-8H,(H2,14,20,21)(H2,15,16,22). The van der Waals surface area contributed by atoms with E-state index in [-0.39, 0.29) is 21.4 Å². The zero-order valence-electron chi connectivity index (χ0n) is 11.6. The third-order valence-electron chi connectivity index (χ3n) is 2.79. The lowest BCUT2D eigenvalue weighted by Crippen LogP contribution is -2.20. The van der Waals surface area contributed by atoms with Crippen LogP contribution in [0.5, 0.6) is 0 Å². The molecule has 2 aromatic rings. The highest BCUT2D eigenvalue weighted by Gasteiger charge is 2.13. The Morgan fingerprint density at radius 1 is 1.09 bits per heavy atom. The van der Waals surface area contributed by atoms with Gasteiger partial charge in [0.15, 0.2) is 5.11 Å². The van der Waals surface area contributed by atoms with Crippen LogP contribution in [-0.4, -0.2) is 18.5 Å². The predicted octanol–water partition coefficient (Wildman–Crippen LogP) is 2.05. The van der Waals surface area contributed by atoms with E-state index in [9.17, 15) is 18.5 Å². The number of thiocarbonyl (C=S) groups is 1. The van der Waals surface area contributed by atoms with Crippen LogP contribution in [0.4, 0.5) is 17.1 Å². The first kappa shape index (κ1) is 16.8. The number of para-hydroxylation sites is 2. The van der Waals surface area contributed by atoms with Crippen molar-refractivity contribution in [1.82, 2.24) is 0 Å². The van der Waals surface area contributed by atoms with Gasteiger partial charge in [0, 0.05) is 11.8 Å². The Labute approximate surface area is 137 Å². The summed E-state index contributed by atoms with van der Waals surface area (Å²) in [5.41, 5.74) is 0.644. The number of nitro groups is 1. The van der Waals surface area contributed by atoms with Crippen LogP contribution in [0.25, 0.3) is 0 Å². The van der Waals surface area contributed by atoms with Gasteiger partial charge in [0.25, 0.3) is 5.69 Å². The molecule has 0 radical (unpaired) electrons. The molecule has 0 saturated carbocycles. The SMILES string of the molecule is NS(=O)(=O)c1ccc(NC(=S)Nc2ccccc2[N+](=O)[O-])cc1. The zero-order valence-corrected chi connectivity index (χ0v) is 13.2. The Bertz CT molecular complexity index is 851. The highest BCUT2D eigenvalue weighted by Crippen LogP contribution is 2.23. The normalized spacial score (nSPS) is 10.8. The first-order valence-corrected chi connectivity index (χ1v) is 8.17. The Morgan fingerprint density at radius 2 is 1.70 bits per heavy atom. The molecule has 0 heterocycles. The highest BCUT2D eigenvalue weighted by atomic mass is 32.2. The molecule has 8 nitrogen and oxygen atoms in total. The summed E-state index contributed by atoms with van der Waals surface area (Å²) in [5, 5.41) is 21.6. The number of rotatable bonds is 4. The number of nitro benzene ring substituents is 1. The third-order valence-corrected chi connectivity index (χ3v) is 3.92. The van der Waals surface area contributed by atoms with E-state index < -0.39 is 14.9 Å². The molecule has 10 heteroatoms. The molecule has 0 spiro atoms. The van der Waals surface area contributed by atoms with Gasteiger partial charge in [0.1, 0.15) is 5.69 Å². The summed E-state index contributed by atoms with van der Waals surface area (Å²) in [6.07, 6.45) is 0. The van der Waals surface area contributed by atoms with Crippen molar-refractivity contribution in [1.29, 1.82) is 0 Å². The van der Waals surface area contributed by atoms with Gasteiger partial charge >= 0.3 is 0 Å². The van der Waals surface area contributed by atoms with Crippen LogP contribution in [0, 0.1) is 10.1 Å². The quantitative estimate of drug-likeness (QED) is 0.436. The molecule has 2 rings (SSSR count). The van der Waals surface area contributed by atoms with Gasteiger partial charge in [-0.3, -0.25) is 10.1 Å². The average molecular weight is 352 g/mol. The van der Waals surface area contributed by atoms with Crippen LogP contribution in [0.15, 0.2) is 53.4 Å². The molecule has 120 valence electrons. The number of hydrogen-bond donors (Lipinski definition) is 3. The topological polar surface area (TPSA) is 127 Å². The van der Waals surface area contributed by atoms with Crippen molar-refractivity contribution in [2.75, 3.05) is 10.6 Å². The molecule has 0 fully saturated rings. The largest absolute Gasteiger partial charge is 0.332 e. The van der Waals surface area contributed by atoms with Crippen LogP contribution < -0.4 is 15.8 Å². The minimum atomic E-state index is -3.76. The summed E-state index contributed by atoms with van der Waals surface area (Å²) in [4.78, 5) is 10.4. The number of nitrogens with one attached hydrogen (secondary N) is 2. The second kappa shape index (κ2) is 6.69. The minimum Gasteiger partial charge on any atom is -0.332 e. The fourth-order valence-corrected chi connectivity index (χ4v) is 2.49. The van der Waals surface area contributed by atoms with Crippen molar-refractivity contribution in [3.05, 3.63) is 58.6 Å². The number of nitrogens with zero attached hydrogens (tertiary/aromatic N) is 1. The van der Waals surface area contributed by atoms with Gasteiger partial charge in [-0.15, -0.1) is 0 Å². The van der Waals surface area contributed by atoms with Gasteiger partial charge < -0.3 is 10.6 Å². The van der Waals surface area contributed by atoms with Crippen LogP contribution in [-0.2, 0) is 10.0 Å². The molecular weight excluding hydrogens is 340 g/mol. The fraction of sp³-hybridized carbons (Fsp3) is 0. The summed E-state index contributed by atoms with van der Waals surface area (Å²) in [7, 11) is -3.76. The molecular formula is C13H12N4O4S2. The van der Waals surface area contributed by atoms with Crippen LogP contribution in [0.2, 0.25) is 0 Å². The van der Waals surface area contributed by atoms with Crippen molar-refractivity contribution >= 4 is 44.4 Å². The summed E-state index contributed by atoms with van der Waals surface area (Å²) < 4.78 is 22.3. The van der Waals surface area contributed by atoms with Crippen molar-refractivity contribution < 1.29 is 13.3 Å². The van der Waals surface area contributed by atoms with Crippen LogP contribution in [0.3, 0.4) is 0 Å². The second-order valence-corrected chi connectivity index (χ2v) is 6.39. The summed E-state index contributed by atoms with van der Waals surface area (Å²) in [6.45, 7) is 0. The molecule has 0 amide bonds. The van der Waals surface area contributed by atoms with Crippen molar-refractivity contribution in [2.45, 2.75) is 4.90 Å². The summed E-state index contributed by atoms with van der Waals surface area (Å²) in [6, 6.07) is 11.7. The molecule has 0 aliphatic carbocycles. The lowest BCUT2D eigenvalue weighted by molar-refractivity contribution is -0.383. The Morgan fingerprint density at radius 3 is 2.26 bits per heavy atom. The lowest BCUT2D eigenvalue weighted by atomic mass is 10.3. The van der Waals surface area contributed by atoms with E-state index in [0.717, 1.165) is 0 Å². The molecule has 2 aromatic carbocycles. The number of hydrogen-bond acceptors (Lipinski definition) is 5. The molecule has 0 aliphatic rings. The Balaban J connectivity index is 2.10. The van der Waals surface area contributed by atoms with Gasteiger partial charge in [-0.25, -0.2) is 13.6 Å². The van der Waals surface area contributed by atoms with Gasteiger partial charge in [-0.05, 0) is 42.5 Å². The van der Waals surface area contributed by atoms with E-state index in [2.05, 4.69) is 10.6 Å². The lowest BCUT2D eigenvalue weighted by Gasteiger charge is -2.11. The maximum Gasteiger partial charge on any atom is 0.292 e. The van der Waals surface area contributed by atoms with Crippen molar-refractivity contribution in [3.63, 3.8) is 0 Å². The molecule has 0 atom stereocenters. The van der Waals surface area contributed by atoms with E-state index in [0.29, 0.717) is 5.69 Å². The smallest absolute Gasteiger partial charge is 0.292 e. The molecule has 0 unspecified atom stereocenters. The molecule has 0 bridgehead atoms. The van der Waals surface area contributed by atoms with E-state index >= 15 is 0 Å². The number of primary sulfonamides is 1. The fourth-order valence-electron chi connectivity index (χ4n) is 1.75. The van der Waals surface area contributed by atoms with Gasteiger partial charge in [-0.2, -0.15) is 0 Å². The number of sulfonamides is 1. The Kier molecular flexibility index (Phi) is 4.89. The number of anilines is 2. The van der Waals surface area contributed by atoms with Crippen LogP contribution in [0.1, 0.15) is 0 Å². The number of nitrogens with two attached hydrogens (primary N) is 1. The molecule has 23 heavy (non-hydrogen) atoms. The minimum absolute atomic E-state index is 0.0272. The van der Waals surface area contributed by atoms with E-state index in [4.69, 9.17) is 17.4 Å². The maximum absolute atomic E-state index is 11.2. The average Bonchev–Trinajstić information content (AvgIpc) is 2.47. The maximum atomic E-state index is 11.2. The van der Waals surface area contributed by atoms with Crippen LogP contribution >= 0.6 is 12.2 Å². The molecule has 0 saturated heterocycles. The molecule has 0 aliphatic heterocycles. The summed E-state index contributed by atoms with van der Waals surface area (Å²) >= 11 is 5.08. The van der Waals surface area contributed by atoms with E-state index in [1.54, 1.807) is 12.1 Å². The second-order valence-electron chi connectivity index (χ2n) is 4.42. The van der Waals surface area contributed by atoms with Gasteiger partial charge in [0.2, 0.25) is 10.0 Å². The first-order valence-electron chi connectivity index (χ1n) is 6.21. The van der Waals surface area contributed by atoms with E-state index in [1.807, 2.05) is 0 Å². The van der Waals surface area contributed by atoms with Crippen molar-refractivity contribution in [2.24, 2.45) is 5.14 Å².